The zero-order valence-corrected chi connectivity index (χ0v) is 9.51. The first kappa shape index (κ1) is 11.7. The molecule has 0 bridgehead atoms. The molecule has 2 aromatic rings. The number of urea groups is 1. The monoisotopic (exact) mass is 241 g/mol. The van der Waals surface area contributed by atoms with Crippen molar-refractivity contribution in [2.24, 2.45) is 0 Å². The Morgan fingerprint density at radius 2 is 2.28 bits per heavy atom. The van der Waals surface area contributed by atoms with Crippen molar-refractivity contribution in [1.82, 2.24) is 5.32 Å². The average Bonchev–Trinajstić information content (AvgIpc) is 2.90. The summed E-state index contributed by atoms with van der Waals surface area (Å²) in [5.74, 6) is 0. The number of amides is 2. The van der Waals surface area contributed by atoms with Crippen LogP contribution in [0.5, 0.6) is 0 Å². The van der Waals surface area contributed by atoms with Crippen molar-refractivity contribution in [3.8, 4) is 6.07 Å². The molecule has 5 nitrogen and oxygen atoms in total. The third-order valence-corrected chi connectivity index (χ3v) is 2.28. The Morgan fingerprint density at radius 1 is 1.39 bits per heavy atom. The summed E-state index contributed by atoms with van der Waals surface area (Å²) in [6.07, 6.45) is 3.11. The maximum atomic E-state index is 11.6. The third-order valence-electron chi connectivity index (χ3n) is 2.28. The maximum absolute atomic E-state index is 11.6. The summed E-state index contributed by atoms with van der Waals surface area (Å²) >= 11 is 0. The smallest absolute Gasteiger partial charge is 0.319 e. The zero-order chi connectivity index (χ0) is 12.8. The topological polar surface area (TPSA) is 78.1 Å². The van der Waals surface area contributed by atoms with Crippen molar-refractivity contribution in [3.63, 3.8) is 0 Å². The molecule has 0 unspecified atom stereocenters. The van der Waals surface area contributed by atoms with Crippen LogP contribution in [0.2, 0.25) is 0 Å². The molecular formula is C13H11N3O2. The molecule has 0 atom stereocenters. The Hall–Kier alpha value is -2.74. The second kappa shape index (κ2) is 5.55. The summed E-state index contributed by atoms with van der Waals surface area (Å²) < 4.78 is 4.89. The molecule has 2 amide bonds. The van der Waals surface area contributed by atoms with E-state index in [0.29, 0.717) is 17.8 Å². The molecule has 0 saturated heterocycles. The summed E-state index contributed by atoms with van der Waals surface area (Å²) in [6.45, 7) is 0.389. The van der Waals surface area contributed by atoms with Crippen LogP contribution in [0.3, 0.4) is 0 Å². The molecular weight excluding hydrogens is 230 g/mol. The molecule has 1 heterocycles. The van der Waals surface area contributed by atoms with Gasteiger partial charge < -0.3 is 15.1 Å². The highest BCUT2D eigenvalue weighted by molar-refractivity contribution is 5.89. The molecule has 1 aromatic carbocycles. The van der Waals surface area contributed by atoms with Gasteiger partial charge in [-0.15, -0.1) is 0 Å². The van der Waals surface area contributed by atoms with Gasteiger partial charge in [-0.3, -0.25) is 0 Å². The van der Waals surface area contributed by atoms with Gasteiger partial charge >= 0.3 is 6.03 Å². The largest absolute Gasteiger partial charge is 0.472 e. The van der Waals surface area contributed by atoms with Gasteiger partial charge in [-0.25, -0.2) is 4.79 Å². The molecule has 18 heavy (non-hydrogen) atoms. The number of rotatable bonds is 3. The Kier molecular flexibility index (Phi) is 3.62. The van der Waals surface area contributed by atoms with Gasteiger partial charge in [-0.05, 0) is 24.3 Å². The van der Waals surface area contributed by atoms with Gasteiger partial charge in [0.15, 0.2) is 0 Å². The highest BCUT2D eigenvalue weighted by atomic mass is 16.3. The van der Waals surface area contributed by atoms with Gasteiger partial charge in [0.1, 0.15) is 0 Å². The molecule has 1 aromatic heterocycles. The van der Waals surface area contributed by atoms with Crippen molar-refractivity contribution < 1.29 is 9.21 Å². The van der Waals surface area contributed by atoms with E-state index in [-0.39, 0.29) is 6.03 Å². The Bertz CT molecular complexity index is 570. The summed E-state index contributed by atoms with van der Waals surface area (Å²) in [5, 5.41) is 14.1. The molecule has 0 radical (unpaired) electrons. The van der Waals surface area contributed by atoms with E-state index in [9.17, 15) is 4.79 Å². The highest BCUT2D eigenvalue weighted by Gasteiger charge is 2.02. The second-order valence-electron chi connectivity index (χ2n) is 3.63. The fourth-order valence-corrected chi connectivity index (χ4v) is 1.42. The van der Waals surface area contributed by atoms with Gasteiger partial charge in [0.05, 0.1) is 24.2 Å². The van der Waals surface area contributed by atoms with E-state index in [4.69, 9.17) is 9.68 Å². The Balaban J connectivity index is 1.89. The number of nitrogens with zero attached hydrogens (tertiary/aromatic N) is 1. The molecule has 0 aliphatic carbocycles. The molecule has 2 N–H and O–H groups in total. The van der Waals surface area contributed by atoms with Crippen molar-refractivity contribution >= 4 is 11.7 Å². The number of furan rings is 1. The van der Waals surface area contributed by atoms with Crippen LogP contribution in [0.15, 0.2) is 47.3 Å². The number of benzene rings is 1. The predicted octanol–water partition coefficient (Wildman–Crippen LogP) is 2.47. The molecule has 0 saturated carbocycles. The molecule has 0 aliphatic rings. The first-order valence-corrected chi connectivity index (χ1v) is 5.34. The van der Waals surface area contributed by atoms with E-state index in [1.165, 1.54) is 0 Å². The lowest BCUT2D eigenvalue weighted by atomic mass is 10.2. The number of carbonyl (C=O) groups excluding carboxylic acids is 1. The van der Waals surface area contributed by atoms with Gasteiger partial charge in [0, 0.05) is 17.8 Å². The number of hydrogen-bond donors (Lipinski definition) is 2. The number of anilines is 1. The number of nitrogens with one attached hydrogen (secondary N) is 2. The predicted molar refractivity (Wildman–Crippen MR) is 65.7 cm³/mol. The summed E-state index contributed by atoms with van der Waals surface area (Å²) in [4.78, 5) is 11.6. The van der Waals surface area contributed by atoms with E-state index >= 15 is 0 Å². The minimum absolute atomic E-state index is 0.328. The molecule has 90 valence electrons. The summed E-state index contributed by atoms with van der Waals surface area (Å²) in [6, 6.07) is 10.2. The lowest BCUT2D eigenvalue weighted by Gasteiger charge is -2.06. The van der Waals surface area contributed by atoms with Crippen molar-refractivity contribution in [2.75, 3.05) is 5.32 Å². The normalized spacial score (nSPS) is 9.50. The van der Waals surface area contributed by atoms with Crippen LogP contribution >= 0.6 is 0 Å². The van der Waals surface area contributed by atoms with Gasteiger partial charge in [0.2, 0.25) is 0 Å². The van der Waals surface area contributed by atoms with Crippen LogP contribution in [0.1, 0.15) is 11.1 Å². The van der Waals surface area contributed by atoms with E-state index in [2.05, 4.69) is 10.6 Å². The summed E-state index contributed by atoms with van der Waals surface area (Å²) in [7, 11) is 0. The molecule has 0 spiro atoms. The van der Waals surface area contributed by atoms with Crippen LogP contribution in [-0.4, -0.2) is 6.03 Å². The van der Waals surface area contributed by atoms with Crippen molar-refractivity contribution in [1.29, 1.82) is 5.26 Å². The molecule has 0 fully saturated rings. The maximum Gasteiger partial charge on any atom is 0.319 e. The number of nitriles is 1. The molecule has 2 rings (SSSR count). The first-order valence-electron chi connectivity index (χ1n) is 5.34. The lowest BCUT2D eigenvalue weighted by molar-refractivity contribution is 0.251. The quantitative estimate of drug-likeness (QED) is 0.866. The average molecular weight is 241 g/mol. The SMILES string of the molecule is N#Cc1cccc(NC(=O)NCc2ccoc2)c1. The fourth-order valence-electron chi connectivity index (χ4n) is 1.42. The Morgan fingerprint density at radius 3 is 3.00 bits per heavy atom. The number of hydrogen-bond acceptors (Lipinski definition) is 3. The van der Waals surface area contributed by atoms with Crippen LogP contribution in [0.4, 0.5) is 10.5 Å². The standard InChI is InChI=1S/C13H11N3O2/c14-7-10-2-1-3-12(6-10)16-13(17)15-8-11-4-5-18-9-11/h1-6,9H,8H2,(H2,15,16,17). The number of carbonyl (C=O) groups is 1. The van der Waals surface area contributed by atoms with E-state index in [0.717, 1.165) is 5.56 Å². The minimum atomic E-state index is -0.328. The minimum Gasteiger partial charge on any atom is -0.472 e. The summed E-state index contributed by atoms with van der Waals surface area (Å²) in [5.41, 5.74) is 1.97. The third kappa shape index (κ3) is 3.12. The molecule has 5 heteroatoms. The molecule has 0 aliphatic heterocycles. The van der Waals surface area contributed by atoms with Crippen LogP contribution in [-0.2, 0) is 6.54 Å². The van der Waals surface area contributed by atoms with Crippen LogP contribution in [0, 0.1) is 11.3 Å². The Labute approximate surface area is 104 Å². The van der Waals surface area contributed by atoms with Crippen LogP contribution in [0.25, 0.3) is 0 Å². The van der Waals surface area contributed by atoms with Gasteiger partial charge in [-0.1, -0.05) is 6.07 Å². The van der Waals surface area contributed by atoms with Crippen molar-refractivity contribution in [2.45, 2.75) is 6.54 Å². The van der Waals surface area contributed by atoms with Crippen LogP contribution < -0.4 is 10.6 Å². The fraction of sp³-hybridized carbons (Fsp3) is 0.0769. The lowest BCUT2D eigenvalue weighted by Crippen LogP contribution is -2.27. The highest BCUT2D eigenvalue weighted by Crippen LogP contribution is 2.09. The first-order chi connectivity index (χ1) is 8.78. The van der Waals surface area contributed by atoms with Gasteiger partial charge in [-0.2, -0.15) is 5.26 Å². The van der Waals surface area contributed by atoms with E-state index in [1.54, 1.807) is 42.9 Å². The van der Waals surface area contributed by atoms with E-state index < -0.39 is 0 Å². The second-order valence-corrected chi connectivity index (χ2v) is 3.63. The zero-order valence-electron chi connectivity index (χ0n) is 9.51. The van der Waals surface area contributed by atoms with E-state index in [1.807, 2.05) is 6.07 Å². The van der Waals surface area contributed by atoms with Crippen molar-refractivity contribution in [3.05, 3.63) is 54.0 Å². The van der Waals surface area contributed by atoms with Gasteiger partial charge in [0.25, 0.3) is 0 Å².